The van der Waals surface area contributed by atoms with Crippen molar-refractivity contribution in [2.75, 3.05) is 6.61 Å². The van der Waals surface area contributed by atoms with Crippen molar-refractivity contribution in [1.29, 1.82) is 0 Å². The van der Waals surface area contributed by atoms with E-state index in [9.17, 15) is 4.79 Å². The van der Waals surface area contributed by atoms with Crippen LogP contribution >= 0.6 is 0 Å². The van der Waals surface area contributed by atoms with Crippen LogP contribution in [0.25, 0.3) is 0 Å². The summed E-state index contributed by atoms with van der Waals surface area (Å²) in [6.07, 6.45) is 11.3. The predicted molar refractivity (Wildman–Crippen MR) is 72.4 cm³/mol. The normalized spacial score (nSPS) is 24.1. The van der Waals surface area contributed by atoms with E-state index < -0.39 is 0 Å². The van der Waals surface area contributed by atoms with E-state index in [2.05, 4.69) is 5.32 Å². The van der Waals surface area contributed by atoms with E-state index in [0.29, 0.717) is 18.6 Å². The first-order valence-corrected chi connectivity index (χ1v) is 7.74. The highest BCUT2D eigenvalue weighted by Crippen LogP contribution is 2.28. The van der Waals surface area contributed by atoms with Crippen molar-refractivity contribution in [3.63, 3.8) is 0 Å². The zero-order chi connectivity index (χ0) is 12.8. The topological polar surface area (TPSA) is 38.3 Å². The van der Waals surface area contributed by atoms with Gasteiger partial charge in [-0.05, 0) is 38.5 Å². The number of carbonyl (C=O) groups excluding carboxylic acids is 1. The number of carbonyl (C=O) groups is 1. The first kappa shape index (κ1) is 13.9. The smallest absolute Gasteiger partial charge is 0.323 e. The standard InChI is InChI=1S/C15H27NO2/c1-2-18-15(17)14(12-8-4-3-5-9-12)16-13-10-6-7-11-13/h12-14,16H,2-11H2,1H3. The fraction of sp³-hybridized carbons (Fsp3) is 0.933. The number of hydrogen-bond acceptors (Lipinski definition) is 3. The Morgan fingerprint density at radius 1 is 1.11 bits per heavy atom. The molecule has 0 heterocycles. The summed E-state index contributed by atoms with van der Waals surface area (Å²) in [5.41, 5.74) is 0. The van der Waals surface area contributed by atoms with Gasteiger partial charge in [0.15, 0.2) is 0 Å². The Hall–Kier alpha value is -0.570. The second-order valence-electron chi connectivity index (χ2n) is 5.78. The maximum Gasteiger partial charge on any atom is 0.323 e. The van der Waals surface area contributed by atoms with E-state index in [4.69, 9.17) is 4.74 Å². The monoisotopic (exact) mass is 253 g/mol. The molecule has 0 spiro atoms. The van der Waals surface area contributed by atoms with Crippen molar-refractivity contribution in [3.05, 3.63) is 0 Å². The number of ether oxygens (including phenoxy) is 1. The number of hydrogen-bond donors (Lipinski definition) is 1. The molecule has 2 aliphatic rings. The molecule has 18 heavy (non-hydrogen) atoms. The van der Waals surface area contributed by atoms with Crippen LogP contribution in [-0.2, 0) is 9.53 Å². The highest BCUT2D eigenvalue weighted by atomic mass is 16.5. The highest BCUT2D eigenvalue weighted by molar-refractivity contribution is 5.76. The quantitative estimate of drug-likeness (QED) is 0.765. The van der Waals surface area contributed by atoms with Crippen molar-refractivity contribution < 1.29 is 9.53 Å². The average Bonchev–Trinajstić information content (AvgIpc) is 2.90. The molecule has 0 saturated heterocycles. The van der Waals surface area contributed by atoms with Gasteiger partial charge in [-0.1, -0.05) is 32.1 Å². The second kappa shape index (κ2) is 7.13. The summed E-state index contributed by atoms with van der Waals surface area (Å²) >= 11 is 0. The third-order valence-corrected chi connectivity index (χ3v) is 4.43. The molecular formula is C15H27NO2. The van der Waals surface area contributed by atoms with Gasteiger partial charge in [0.25, 0.3) is 0 Å². The third-order valence-electron chi connectivity index (χ3n) is 4.43. The second-order valence-corrected chi connectivity index (χ2v) is 5.78. The first-order valence-electron chi connectivity index (χ1n) is 7.74. The Balaban J connectivity index is 1.93. The fourth-order valence-corrected chi connectivity index (χ4v) is 3.44. The summed E-state index contributed by atoms with van der Waals surface area (Å²) in [7, 11) is 0. The van der Waals surface area contributed by atoms with Crippen molar-refractivity contribution >= 4 is 5.97 Å². The van der Waals surface area contributed by atoms with Gasteiger partial charge in [-0.15, -0.1) is 0 Å². The minimum Gasteiger partial charge on any atom is -0.465 e. The summed E-state index contributed by atoms with van der Waals surface area (Å²) in [6.45, 7) is 2.39. The average molecular weight is 253 g/mol. The molecule has 2 aliphatic carbocycles. The molecule has 104 valence electrons. The van der Waals surface area contributed by atoms with Crippen LogP contribution in [0.3, 0.4) is 0 Å². The SMILES string of the molecule is CCOC(=O)C(NC1CCCC1)C1CCCCC1. The molecule has 3 nitrogen and oxygen atoms in total. The molecule has 3 heteroatoms. The minimum atomic E-state index is -0.0478. The molecule has 2 fully saturated rings. The lowest BCUT2D eigenvalue weighted by Crippen LogP contribution is -2.48. The number of rotatable bonds is 5. The zero-order valence-electron chi connectivity index (χ0n) is 11.6. The summed E-state index contributed by atoms with van der Waals surface area (Å²) in [4.78, 5) is 12.1. The maximum absolute atomic E-state index is 12.1. The predicted octanol–water partition coefficient (Wildman–Crippen LogP) is 3.03. The van der Waals surface area contributed by atoms with Crippen LogP contribution in [0.1, 0.15) is 64.7 Å². The van der Waals surface area contributed by atoms with Crippen molar-refractivity contribution in [1.82, 2.24) is 5.32 Å². The Morgan fingerprint density at radius 2 is 1.72 bits per heavy atom. The van der Waals surface area contributed by atoms with Gasteiger partial charge in [0.2, 0.25) is 0 Å². The van der Waals surface area contributed by atoms with Crippen molar-refractivity contribution in [2.24, 2.45) is 5.92 Å². The van der Waals surface area contributed by atoms with Crippen LogP contribution < -0.4 is 5.32 Å². The molecule has 0 aromatic heterocycles. The highest BCUT2D eigenvalue weighted by Gasteiger charge is 2.32. The van der Waals surface area contributed by atoms with Gasteiger partial charge in [0, 0.05) is 6.04 Å². The summed E-state index contributed by atoms with van der Waals surface area (Å²) < 4.78 is 5.27. The largest absolute Gasteiger partial charge is 0.465 e. The van der Waals surface area contributed by atoms with Gasteiger partial charge < -0.3 is 10.1 Å². The van der Waals surface area contributed by atoms with E-state index in [-0.39, 0.29) is 12.0 Å². The van der Waals surface area contributed by atoms with Gasteiger partial charge in [0.1, 0.15) is 6.04 Å². The fourth-order valence-electron chi connectivity index (χ4n) is 3.44. The molecule has 0 radical (unpaired) electrons. The maximum atomic E-state index is 12.1. The van der Waals surface area contributed by atoms with Crippen LogP contribution in [0.5, 0.6) is 0 Å². The van der Waals surface area contributed by atoms with Gasteiger partial charge >= 0.3 is 5.97 Å². The van der Waals surface area contributed by atoms with E-state index >= 15 is 0 Å². The van der Waals surface area contributed by atoms with Crippen molar-refractivity contribution in [3.8, 4) is 0 Å². The molecule has 2 rings (SSSR count). The lowest BCUT2D eigenvalue weighted by molar-refractivity contribution is -0.147. The molecule has 0 amide bonds. The van der Waals surface area contributed by atoms with E-state index in [1.807, 2.05) is 6.92 Å². The Labute approximate surface area is 111 Å². The first-order chi connectivity index (χ1) is 8.81. The van der Waals surface area contributed by atoms with Gasteiger partial charge in [-0.25, -0.2) is 0 Å². The van der Waals surface area contributed by atoms with Gasteiger partial charge in [0.05, 0.1) is 6.61 Å². The Morgan fingerprint density at radius 3 is 2.33 bits per heavy atom. The van der Waals surface area contributed by atoms with E-state index in [1.165, 1.54) is 57.8 Å². The molecular weight excluding hydrogens is 226 g/mol. The lowest BCUT2D eigenvalue weighted by atomic mass is 9.83. The minimum absolute atomic E-state index is 0.0173. The molecule has 1 atom stereocenters. The summed E-state index contributed by atoms with van der Waals surface area (Å²) in [5, 5.41) is 3.60. The van der Waals surface area contributed by atoms with E-state index in [0.717, 1.165) is 0 Å². The molecule has 0 aromatic carbocycles. The van der Waals surface area contributed by atoms with Crippen LogP contribution in [-0.4, -0.2) is 24.7 Å². The molecule has 0 aliphatic heterocycles. The molecule has 1 unspecified atom stereocenters. The van der Waals surface area contributed by atoms with Crippen LogP contribution in [0, 0.1) is 5.92 Å². The summed E-state index contributed by atoms with van der Waals surface area (Å²) in [5.74, 6) is 0.481. The van der Waals surface area contributed by atoms with Crippen LogP contribution in [0.15, 0.2) is 0 Å². The van der Waals surface area contributed by atoms with E-state index in [1.54, 1.807) is 0 Å². The molecule has 1 N–H and O–H groups in total. The van der Waals surface area contributed by atoms with Gasteiger partial charge in [-0.2, -0.15) is 0 Å². The zero-order valence-corrected chi connectivity index (χ0v) is 11.6. The van der Waals surface area contributed by atoms with Gasteiger partial charge in [-0.3, -0.25) is 4.79 Å². The Bertz CT molecular complexity index is 255. The molecule has 2 saturated carbocycles. The molecule has 0 bridgehead atoms. The van der Waals surface area contributed by atoms with Crippen LogP contribution in [0.2, 0.25) is 0 Å². The lowest BCUT2D eigenvalue weighted by Gasteiger charge is -2.31. The number of esters is 1. The molecule has 0 aromatic rings. The van der Waals surface area contributed by atoms with Crippen LogP contribution in [0.4, 0.5) is 0 Å². The summed E-state index contributed by atoms with van der Waals surface area (Å²) in [6, 6.07) is 0.495. The number of nitrogens with one attached hydrogen (secondary N) is 1. The third kappa shape index (κ3) is 3.71. The Kier molecular flexibility index (Phi) is 5.48. The van der Waals surface area contributed by atoms with Crippen molar-refractivity contribution in [2.45, 2.75) is 76.8 Å².